The Morgan fingerprint density at radius 1 is 1.46 bits per heavy atom. The Bertz CT molecular complexity index is 886. The Balaban J connectivity index is 2.12. The van der Waals surface area contributed by atoms with Gasteiger partial charge in [-0.2, -0.15) is 10.5 Å². The van der Waals surface area contributed by atoms with Crippen LogP contribution in [-0.4, -0.2) is 17.6 Å². The van der Waals surface area contributed by atoms with Gasteiger partial charge in [0, 0.05) is 11.1 Å². The molecule has 1 aliphatic rings. The summed E-state index contributed by atoms with van der Waals surface area (Å²) in [5.74, 6) is -2.61. The number of hydrogen-bond acceptors (Lipinski definition) is 5. The van der Waals surface area contributed by atoms with Crippen molar-refractivity contribution in [3.63, 3.8) is 0 Å². The van der Waals surface area contributed by atoms with E-state index in [1.54, 1.807) is 13.8 Å². The fraction of sp³-hybridized carbons (Fsp3) is 0.294. The lowest BCUT2D eigenvalue weighted by molar-refractivity contribution is -0.125. The molecular formula is C17H14ClFN4O2S. The van der Waals surface area contributed by atoms with Gasteiger partial charge in [0.2, 0.25) is 11.8 Å². The predicted molar refractivity (Wildman–Crippen MR) is 96.2 cm³/mol. The highest BCUT2D eigenvalue weighted by Gasteiger charge is 2.44. The average molecular weight is 393 g/mol. The molecule has 1 aromatic rings. The predicted octanol–water partition coefficient (Wildman–Crippen LogP) is 3.18. The van der Waals surface area contributed by atoms with E-state index >= 15 is 0 Å². The van der Waals surface area contributed by atoms with Gasteiger partial charge in [-0.15, -0.1) is 0 Å². The molecule has 0 aromatic heterocycles. The minimum Gasteiger partial charge on any atom is -0.325 e. The maximum Gasteiger partial charge on any atom is 0.243 e. The minimum absolute atomic E-state index is 0.0942. The number of halogens is 2. The number of nitrogens with one attached hydrogen (secondary N) is 2. The maximum absolute atomic E-state index is 13.1. The number of amides is 2. The second kappa shape index (κ2) is 7.77. The van der Waals surface area contributed by atoms with Crippen LogP contribution in [0.1, 0.15) is 13.8 Å². The van der Waals surface area contributed by atoms with Gasteiger partial charge in [0.1, 0.15) is 11.7 Å². The number of thioether (sulfide) groups is 1. The Kier molecular flexibility index (Phi) is 5.91. The SMILES string of the molecule is CC1(C)C(C#N)=C(SCC(=O)Nc2ccc(F)c(Cl)c2)NC(=O)[C@H]1C#N. The smallest absolute Gasteiger partial charge is 0.243 e. The summed E-state index contributed by atoms with van der Waals surface area (Å²) < 4.78 is 13.1. The van der Waals surface area contributed by atoms with Crippen LogP contribution in [0.15, 0.2) is 28.8 Å². The summed E-state index contributed by atoms with van der Waals surface area (Å²) in [5.41, 5.74) is -0.393. The molecule has 2 amide bonds. The summed E-state index contributed by atoms with van der Waals surface area (Å²) in [6.07, 6.45) is 0. The van der Waals surface area contributed by atoms with Gasteiger partial charge in [0.15, 0.2) is 0 Å². The quantitative estimate of drug-likeness (QED) is 0.818. The summed E-state index contributed by atoms with van der Waals surface area (Å²) in [7, 11) is 0. The fourth-order valence-corrected chi connectivity index (χ4v) is 3.60. The monoisotopic (exact) mass is 392 g/mol. The first kappa shape index (κ1) is 19.8. The summed E-state index contributed by atoms with van der Waals surface area (Å²) in [4.78, 5) is 24.1. The lowest BCUT2D eigenvalue weighted by Crippen LogP contribution is -2.44. The van der Waals surface area contributed by atoms with Crippen LogP contribution in [0.2, 0.25) is 5.02 Å². The molecule has 0 spiro atoms. The zero-order valence-electron chi connectivity index (χ0n) is 13.9. The second-order valence-corrected chi connectivity index (χ2v) is 7.45. The van der Waals surface area contributed by atoms with Crippen molar-refractivity contribution in [1.29, 1.82) is 10.5 Å². The number of carbonyl (C=O) groups is 2. The molecule has 26 heavy (non-hydrogen) atoms. The first-order valence-corrected chi connectivity index (χ1v) is 8.80. The van der Waals surface area contributed by atoms with Gasteiger partial charge in [-0.3, -0.25) is 9.59 Å². The molecule has 0 radical (unpaired) electrons. The van der Waals surface area contributed by atoms with Crippen LogP contribution in [0.3, 0.4) is 0 Å². The topological polar surface area (TPSA) is 106 Å². The molecule has 0 fully saturated rings. The van der Waals surface area contributed by atoms with Gasteiger partial charge in [-0.1, -0.05) is 37.2 Å². The lowest BCUT2D eigenvalue weighted by atomic mass is 9.72. The van der Waals surface area contributed by atoms with E-state index in [0.717, 1.165) is 17.8 Å². The van der Waals surface area contributed by atoms with E-state index in [2.05, 4.69) is 10.6 Å². The van der Waals surface area contributed by atoms with Crippen LogP contribution < -0.4 is 10.6 Å². The molecule has 0 saturated carbocycles. The number of rotatable bonds is 4. The van der Waals surface area contributed by atoms with E-state index in [9.17, 15) is 19.2 Å². The van der Waals surface area contributed by atoms with Crippen molar-refractivity contribution in [2.75, 3.05) is 11.1 Å². The second-order valence-electron chi connectivity index (χ2n) is 6.05. The van der Waals surface area contributed by atoms with Crippen LogP contribution in [0.4, 0.5) is 10.1 Å². The van der Waals surface area contributed by atoms with Crippen molar-refractivity contribution in [3.05, 3.63) is 39.6 Å². The average Bonchev–Trinajstić information content (AvgIpc) is 2.56. The highest BCUT2D eigenvalue weighted by molar-refractivity contribution is 8.03. The van der Waals surface area contributed by atoms with E-state index in [-0.39, 0.29) is 21.4 Å². The van der Waals surface area contributed by atoms with Gasteiger partial charge < -0.3 is 10.6 Å². The van der Waals surface area contributed by atoms with E-state index in [1.165, 1.54) is 12.1 Å². The number of anilines is 1. The third kappa shape index (κ3) is 3.98. The van der Waals surface area contributed by atoms with Gasteiger partial charge in [0.25, 0.3) is 0 Å². The molecule has 0 unspecified atom stereocenters. The Morgan fingerprint density at radius 3 is 2.73 bits per heavy atom. The van der Waals surface area contributed by atoms with E-state index in [1.807, 2.05) is 12.1 Å². The number of hydrogen-bond donors (Lipinski definition) is 2. The van der Waals surface area contributed by atoms with Crippen molar-refractivity contribution in [1.82, 2.24) is 5.32 Å². The molecule has 1 heterocycles. The van der Waals surface area contributed by atoms with Gasteiger partial charge in [-0.05, 0) is 18.2 Å². The minimum atomic E-state index is -0.989. The number of benzene rings is 1. The van der Waals surface area contributed by atoms with E-state index in [0.29, 0.717) is 5.69 Å². The van der Waals surface area contributed by atoms with Gasteiger partial charge in [-0.25, -0.2) is 4.39 Å². The Morgan fingerprint density at radius 2 is 2.15 bits per heavy atom. The molecule has 0 aliphatic carbocycles. The molecule has 0 saturated heterocycles. The standard InChI is InChI=1S/C17H14ClFN4O2S/c1-17(2)10(6-20)15(25)23-16(11(17)7-21)26-8-14(24)22-9-3-4-13(19)12(18)5-9/h3-5,10H,8H2,1-2H3,(H,22,24)(H,23,25)/t10-/m1/s1. The highest BCUT2D eigenvalue weighted by atomic mass is 35.5. The molecule has 1 aliphatic heterocycles. The van der Waals surface area contributed by atoms with Crippen LogP contribution in [0, 0.1) is 39.8 Å². The Hall–Kier alpha value is -2.55. The molecule has 134 valence electrons. The largest absolute Gasteiger partial charge is 0.325 e. The number of nitrogens with zero attached hydrogens (tertiary/aromatic N) is 2. The van der Waals surface area contributed by atoms with Crippen LogP contribution in [-0.2, 0) is 9.59 Å². The zero-order chi connectivity index (χ0) is 19.5. The van der Waals surface area contributed by atoms with E-state index < -0.39 is 29.0 Å². The van der Waals surface area contributed by atoms with Crippen LogP contribution >= 0.6 is 23.4 Å². The molecule has 1 atom stereocenters. The zero-order valence-corrected chi connectivity index (χ0v) is 15.5. The normalized spacial score (nSPS) is 18.5. The lowest BCUT2D eigenvalue weighted by Gasteiger charge is -2.34. The van der Waals surface area contributed by atoms with Crippen molar-refractivity contribution in [3.8, 4) is 12.1 Å². The highest BCUT2D eigenvalue weighted by Crippen LogP contribution is 2.41. The molecule has 0 bridgehead atoms. The molecule has 2 rings (SSSR count). The van der Waals surface area contributed by atoms with Gasteiger partial charge >= 0.3 is 0 Å². The van der Waals surface area contributed by atoms with Crippen molar-refractivity contribution < 1.29 is 14.0 Å². The first-order valence-electron chi connectivity index (χ1n) is 7.43. The van der Waals surface area contributed by atoms with Gasteiger partial charge in [0.05, 0.1) is 33.5 Å². The van der Waals surface area contributed by atoms with Crippen molar-refractivity contribution in [2.45, 2.75) is 13.8 Å². The number of nitriles is 2. The molecule has 2 N–H and O–H groups in total. The molecule has 6 nitrogen and oxygen atoms in total. The summed E-state index contributed by atoms with van der Waals surface area (Å²) in [6.45, 7) is 3.28. The Labute approximate surface area is 159 Å². The maximum atomic E-state index is 13.1. The van der Waals surface area contributed by atoms with Crippen LogP contribution in [0.25, 0.3) is 0 Å². The fourth-order valence-electron chi connectivity index (χ4n) is 2.44. The number of carbonyl (C=O) groups excluding carboxylic acids is 2. The van der Waals surface area contributed by atoms with E-state index in [4.69, 9.17) is 16.9 Å². The number of allylic oxidation sites excluding steroid dienone is 1. The van der Waals surface area contributed by atoms with Crippen molar-refractivity contribution >= 4 is 40.9 Å². The molecule has 1 aromatic carbocycles. The van der Waals surface area contributed by atoms with Crippen molar-refractivity contribution in [2.24, 2.45) is 11.3 Å². The molecular weight excluding hydrogens is 379 g/mol. The summed E-state index contributed by atoms with van der Waals surface area (Å²) >= 11 is 6.64. The third-order valence-electron chi connectivity index (χ3n) is 3.88. The summed E-state index contributed by atoms with van der Waals surface area (Å²) in [5, 5.41) is 23.8. The molecule has 9 heteroatoms. The van der Waals surface area contributed by atoms with Crippen LogP contribution in [0.5, 0.6) is 0 Å². The summed E-state index contributed by atoms with van der Waals surface area (Å²) in [6, 6.07) is 7.71. The first-order chi connectivity index (χ1) is 12.2. The third-order valence-corrected chi connectivity index (χ3v) is 5.17.